The van der Waals surface area contributed by atoms with Crippen LogP contribution in [0.3, 0.4) is 0 Å². The van der Waals surface area contributed by atoms with Crippen LogP contribution in [0.2, 0.25) is 0 Å². The minimum absolute atomic E-state index is 0.253. The standard InChI is InChI=1S/C12H21N3O5/c1-20-8-6-9(11(17)18)15(7-8)12(19)14-5-3-2-4-10(13)16/h8-9H,2-7H2,1H3,(H2,13,16)(H,14,19)(H,17,18). The molecule has 4 N–H and O–H groups in total. The maximum absolute atomic E-state index is 11.9. The van der Waals surface area contributed by atoms with Gasteiger partial charge in [-0.05, 0) is 12.8 Å². The number of hydrogen-bond acceptors (Lipinski definition) is 4. The molecule has 0 bridgehead atoms. The summed E-state index contributed by atoms with van der Waals surface area (Å²) in [7, 11) is 1.49. The van der Waals surface area contributed by atoms with Gasteiger partial charge in [0.15, 0.2) is 0 Å². The molecule has 1 aliphatic heterocycles. The van der Waals surface area contributed by atoms with Crippen molar-refractivity contribution in [2.24, 2.45) is 5.73 Å². The van der Waals surface area contributed by atoms with Crippen molar-refractivity contribution in [1.29, 1.82) is 0 Å². The van der Waals surface area contributed by atoms with Gasteiger partial charge in [-0.15, -0.1) is 0 Å². The quantitative estimate of drug-likeness (QED) is 0.546. The number of likely N-dealkylation sites (tertiary alicyclic amines) is 1. The Morgan fingerprint density at radius 2 is 2.10 bits per heavy atom. The van der Waals surface area contributed by atoms with Crippen molar-refractivity contribution >= 4 is 17.9 Å². The molecule has 114 valence electrons. The number of carboxylic acids is 1. The van der Waals surface area contributed by atoms with Gasteiger partial charge >= 0.3 is 12.0 Å². The molecule has 0 saturated carbocycles. The lowest BCUT2D eigenvalue weighted by atomic mass is 10.2. The van der Waals surface area contributed by atoms with Crippen LogP contribution in [0.4, 0.5) is 4.79 Å². The maximum atomic E-state index is 11.9. The van der Waals surface area contributed by atoms with E-state index in [2.05, 4.69) is 5.32 Å². The summed E-state index contributed by atoms with van der Waals surface area (Å²) in [5.74, 6) is -1.40. The second kappa shape index (κ2) is 7.68. The summed E-state index contributed by atoms with van der Waals surface area (Å²) >= 11 is 0. The van der Waals surface area contributed by atoms with E-state index in [1.807, 2.05) is 0 Å². The number of amides is 3. The molecule has 8 nitrogen and oxygen atoms in total. The molecule has 20 heavy (non-hydrogen) atoms. The second-order valence-corrected chi connectivity index (χ2v) is 4.76. The Bertz CT molecular complexity index is 374. The summed E-state index contributed by atoms with van der Waals surface area (Å²) in [6, 6.07) is -1.28. The van der Waals surface area contributed by atoms with Crippen LogP contribution < -0.4 is 11.1 Å². The molecule has 1 fully saturated rings. The number of urea groups is 1. The van der Waals surface area contributed by atoms with Crippen LogP contribution in [0.1, 0.15) is 25.7 Å². The molecule has 0 radical (unpaired) electrons. The normalized spacial score (nSPS) is 21.8. The molecular weight excluding hydrogens is 266 g/mol. The molecule has 2 atom stereocenters. The number of rotatable bonds is 7. The van der Waals surface area contributed by atoms with E-state index in [-0.39, 0.29) is 25.0 Å². The molecule has 0 aromatic heterocycles. The third-order valence-corrected chi connectivity index (χ3v) is 3.27. The predicted molar refractivity (Wildman–Crippen MR) is 70.0 cm³/mol. The number of aliphatic carboxylic acids is 1. The van der Waals surface area contributed by atoms with Crippen molar-refractivity contribution in [3.63, 3.8) is 0 Å². The second-order valence-electron chi connectivity index (χ2n) is 4.76. The molecule has 0 spiro atoms. The largest absolute Gasteiger partial charge is 0.480 e. The zero-order valence-electron chi connectivity index (χ0n) is 11.5. The van der Waals surface area contributed by atoms with Crippen molar-refractivity contribution in [1.82, 2.24) is 10.2 Å². The Kier molecular flexibility index (Phi) is 6.23. The Labute approximate surface area is 117 Å². The highest BCUT2D eigenvalue weighted by molar-refractivity contribution is 5.83. The van der Waals surface area contributed by atoms with Gasteiger partial charge in [-0.1, -0.05) is 0 Å². The average Bonchev–Trinajstić information content (AvgIpc) is 2.82. The van der Waals surface area contributed by atoms with Gasteiger partial charge < -0.3 is 25.8 Å². The van der Waals surface area contributed by atoms with Crippen LogP contribution in [0, 0.1) is 0 Å². The van der Waals surface area contributed by atoms with Gasteiger partial charge in [-0.25, -0.2) is 9.59 Å². The number of primary amides is 1. The zero-order chi connectivity index (χ0) is 15.1. The fourth-order valence-electron chi connectivity index (χ4n) is 2.15. The number of carboxylic acid groups (broad SMARTS) is 1. The molecule has 3 amide bonds. The molecule has 0 aromatic carbocycles. The van der Waals surface area contributed by atoms with E-state index < -0.39 is 18.0 Å². The van der Waals surface area contributed by atoms with E-state index in [1.165, 1.54) is 12.0 Å². The van der Waals surface area contributed by atoms with Crippen LogP contribution in [-0.4, -0.2) is 60.3 Å². The Balaban J connectivity index is 2.37. The van der Waals surface area contributed by atoms with Crippen molar-refractivity contribution in [2.45, 2.75) is 37.8 Å². The van der Waals surface area contributed by atoms with Crippen LogP contribution >= 0.6 is 0 Å². The van der Waals surface area contributed by atoms with Gasteiger partial charge in [0.25, 0.3) is 0 Å². The molecule has 0 aliphatic carbocycles. The molecule has 0 aromatic rings. The Morgan fingerprint density at radius 3 is 2.65 bits per heavy atom. The van der Waals surface area contributed by atoms with E-state index in [9.17, 15) is 14.4 Å². The third-order valence-electron chi connectivity index (χ3n) is 3.27. The monoisotopic (exact) mass is 287 g/mol. The minimum atomic E-state index is -1.03. The van der Waals surface area contributed by atoms with Crippen LogP contribution in [-0.2, 0) is 14.3 Å². The van der Waals surface area contributed by atoms with Crippen LogP contribution in [0.15, 0.2) is 0 Å². The Hall–Kier alpha value is -1.83. The SMILES string of the molecule is COC1CC(C(=O)O)N(C(=O)NCCCCC(N)=O)C1. The summed E-state index contributed by atoms with van der Waals surface area (Å²) in [4.78, 5) is 34.8. The van der Waals surface area contributed by atoms with Gasteiger partial charge in [0.1, 0.15) is 6.04 Å². The van der Waals surface area contributed by atoms with Crippen LogP contribution in [0.25, 0.3) is 0 Å². The first-order valence-corrected chi connectivity index (χ1v) is 6.54. The fraction of sp³-hybridized carbons (Fsp3) is 0.750. The number of carbonyl (C=O) groups is 3. The summed E-state index contributed by atoms with van der Waals surface area (Å²) in [5.41, 5.74) is 5.00. The third kappa shape index (κ3) is 4.69. The summed E-state index contributed by atoms with van der Waals surface area (Å²) in [6.07, 6.45) is 1.54. The molecule has 2 unspecified atom stereocenters. The molecule has 1 heterocycles. The van der Waals surface area contributed by atoms with Crippen molar-refractivity contribution in [2.75, 3.05) is 20.2 Å². The summed E-state index contributed by atoms with van der Waals surface area (Å²) < 4.78 is 5.10. The maximum Gasteiger partial charge on any atom is 0.326 e. The first-order chi connectivity index (χ1) is 9.45. The highest BCUT2D eigenvalue weighted by atomic mass is 16.5. The number of nitrogens with one attached hydrogen (secondary N) is 1. The lowest BCUT2D eigenvalue weighted by molar-refractivity contribution is -0.141. The van der Waals surface area contributed by atoms with E-state index in [4.69, 9.17) is 15.6 Å². The minimum Gasteiger partial charge on any atom is -0.480 e. The number of unbranched alkanes of at least 4 members (excludes halogenated alkanes) is 1. The number of hydrogen-bond donors (Lipinski definition) is 3. The van der Waals surface area contributed by atoms with Gasteiger partial charge in [-0.2, -0.15) is 0 Å². The van der Waals surface area contributed by atoms with Crippen LogP contribution in [0.5, 0.6) is 0 Å². The first kappa shape index (κ1) is 16.2. The highest BCUT2D eigenvalue weighted by Crippen LogP contribution is 2.20. The average molecular weight is 287 g/mol. The zero-order valence-corrected chi connectivity index (χ0v) is 11.5. The number of methoxy groups -OCH3 is 1. The molecule has 1 rings (SSSR count). The van der Waals surface area contributed by atoms with Crippen molar-refractivity contribution in [3.8, 4) is 0 Å². The van der Waals surface area contributed by atoms with Crippen molar-refractivity contribution in [3.05, 3.63) is 0 Å². The smallest absolute Gasteiger partial charge is 0.326 e. The fourth-order valence-corrected chi connectivity index (χ4v) is 2.15. The number of nitrogens with zero attached hydrogens (tertiary/aromatic N) is 1. The molecular formula is C12H21N3O5. The highest BCUT2D eigenvalue weighted by Gasteiger charge is 2.39. The topological polar surface area (TPSA) is 122 Å². The summed E-state index contributed by atoms with van der Waals surface area (Å²) in [5, 5.41) is 11.7. The first-order valence-electron chi connectivity index (χ1n) is 6.54. The predicted octanol–water partition coefficient (Wildman–Crippen LogP) is -0.474. The number of carbonyl (C=O) groups excluding carboxylic acids is 2. The van der Waals surface area contributed by atoms with Crippen molar-refractivity contribution < 1.29 is 24.2 Å². The van der Waals surface area contributed by atoms with E-state index in [0.29, 0.717) is 25.8 Å². The number of ether oxygens (including phenoxy) is 1. The summed E-state index contributed by atoms with van der Waals surface area (Å²) in [6.45, 7) is 0.646. The molecule has 8 heteroatoms. The van der Waals surface area contributed by atoms with Gasteiger partial charge in [-0.3, -0.25) is 4.79 Å². The van der Waals surface area contributed by atoms with E-state index in [0.717, 1.165) is 0 Å². The lowest BCUT2D eigenvalue weighted by Crippen LogP contribution is -2.46. The van der Waals surface area contributed by atoms with Gasteiger partial charge in [0.05, 0.1) is 6.10 Å². The number of nitrogens with two attached hydrogens (primary N) is 1. The van der Waals surface area contributed by atoms with E-state index in [1.54, 1.807) is 0 Å². The molecule has 1 aliphatic rings. The van der Waals surface area contributed by atoms with Gasteiger partial charge in [0, 0.05) is 33.0 Å². The van der Waals surface area contributed by atoms with E-state index >= 15 is 0 Å². The Morgan fingerprint density at radius 1 is 1.40 bits per heavy atom. The lowest BCUT2D eigenvalue weighted by Gasteiger charge is -2.21. The molecule has 1 saturated heterocycles. The van der Waals surface area contributed by atoms with Gasteiger partial charge in [0.2, 0.25) is 5.91 Å².